The number of pyridine rings is 1. The summed E-state index contributed by atoms with van der Waals surface area (Å²) in [5, 5.41) is 12.1. The fourth-order valence-corrected chi connectivity index (χ4v) is 2.40. The molecule has 0 aliphatic heterocycles. The molecule has 1 fully saturated rings. The predicted molar refractivity (Wildman–Crippen MR) is 69.4 cm³/mol. The lowest BCUT2D eigenvalue weighted by Crippen LogP contribution is -2.55. The van der Waals surface area contributed by atoms with E-state index in [-0.39, 0.29) is 30.7 Å². The van der Waals surface area contributed by atoms with E-state index in [2.05, 4.69) is 10.3 Å². The van der Waals surface area contributed by atoms with Gasteiger partial charge in [0.1, 0.15) is 5.78 Å². The number of halogens is 3. The Labute approximate surface area is 124 Å². The first-order valence-corrected chi connectivity index (χ1v) is 6.64. The molecule has 2 N–H and O–H groups in total. The maximum absolute atomic E-state index is 12.6. The Kier molecular flexibility index (Phi) is 4.23. The van der Waals surface area contributed by atoms with Crippen LogP contribution in [0.1, 0.15) is 30.9 Å². The van der Waals surface area contributed by atoms with E-state index in [0.29, 0.717) is 6.20 Å². The number of carbonyl (C=O) groups is 2. The van der Waals surface area contributed by atoms with Gasteiger partial charge in [-0.25, -0.2) is 0 Å². The summed E-state index contributed by atoms with van der Waals surface area (Å²) in [5.74, 6) is -0.670. The lowest BCUT2D eigenvalue weighted by atomic mass is 9.64. The standard InChI is InChI=1S/C14H15F3N2O3/c1-8(20)13(3-11(21)4-13)12(22)19-6-9-2-10(7-18-5-9)14(15,16)17/h2,5,7-8,20H,3-4,6H2,1H3,(H,19,22). The van der Waals surface area contributed by atoms with Gasteiger partial charge in [-0.15, -0.1) is 0 Å². The molecular weight excluding hydrogens is 301 g/mol. The summed E-state index contributed by atoms with van der Waals surface area (Å²) in [6, 6.07) is 0.897. The molecule has 1 amide bonds. The topological polar surface area (TPSA) is 79.3 Å². The third-order valence-electron chi connectivity index (χ3n) is 3.85. The van der Waals surface area contributed by atoms with Crippen molar-refractivity contribution in [1.82, 2.24) is 10.3 Å². The molecule has 0 spiro atoms. The molecule has 0 saturated heterocycles. The lowest BCUT2D eigenvalue weighted by Gasteiger charge is -2.41. The van der Waals surface area contributed by atoms with Gasteiger partial charge >= 0.3 is 6.18 Å². The van der Waals surface area contributed by atoms with Crippen molar-refractivity contribution >= 4 is 11.7 Å². The van der Waals surface area contributed by atoms with E-state index in [4.69, 9.17) is 0 Å². The monoisotopic (exact) mass is 316 g/mol. The van der Waals surface area contributed by atoms with E-state index < -0.39 is 29.2 Å². The van der Waals surface area contributed by atoms with Crippen LogP contribution in [0.3, 0.4) is 0 Å². The molecule has 1 aliphatic rings. The van der Waals surface area contributed by atoms with Gasteiger partial charge in [0.15, 0.2) is 0 Å². The summed E-state index contributed by atoms with van der Waals surface area (Å²) < 4.78 is 37.7. The van der Waals surface area contributed by atoms with Crippen LogP contribution in [0.2, 0.25) is 0 Å². The van der Waals surface area contributed by atoms with Gasteiger partial charge in [-0.05, 0) is 18.6 Å². The van der Waals surface area contributed by atoms with E-state index in [1.54, 1.807) is 0 Å². The Morgan fingerprint density at radius 3 is 2.59 bits per heavy atom. The highest BCUT2D eigenvalue weighted by molar-refractivity contribution is 6.00. The second-order valence-electron chi connectivity index (χ2n) is 5.49. The summed E-state index contributed by atoms with van der Waals surface area (Å²) in [6.07, 6.45) is -3.71. The van der Waals surface area contributed by atoms with Crippen molar-refractivity contribution in [2.45, 2.75) is 38.6 Å². The van der Waals surface area contributed by atoms with Crippen molar-refractivity contribution < 1.29 is 27.9 Å². The molecule has 0 aromatic carbocycles. The number of aromatic nitrogens is 1. The molecule has 0 radical (unpaired) electrons. The quantitative estimate of drug-likeness (QED) is 0.881. The minimum Gasteiger partial charge on any atom is -0.392 e. The number of nitrogens with zero attached hydrogens (tertiary/aromatic N) is 1. The van der Waals surface area contributed by atoms with E-state index in [0.717, 1.165) is 6.07 Å². The number of aliphatic hydroxyl groups excluding tert-OH is 1. The van der Waals surface area contributed by atoms with Gasteiger partial charge in [0.05, 0.1) is 17.1 Å². The summed E-state index contributed by atoms with van der Waals surface area (Å²) in [5.41, 5.74) is -1.88. The summed E-state index contributed by atoms with van der Waals surface area (Å²) >= 11 is 0. The second-order valence-corrected chi connectivity index (χ2v) is 5.49. The zero-order valence-corrected chi connectivity index (χ0v) is 11.8. The first-order valence-electron chi connectivity index (χ1n) is 6.64. The number of Topliss-reactive ketones (excluding diaryl/α,β-unsaturated/α-hetero) is 1. The van der Waals surface area contributed by atoms with Crippen molar-refractivity contribution in [3.63, 3.8) is 0 Å². The highest BCUT2D eigenvalue weighted by Crippen LogP contribution is 2.41. The van der Waals surface area contributed by atoms with Crippen molar-refractivity contribution in [3.8, 4) is 0 Å². The van der Waals surface area contributed by atoms with Gasteiger partial charge < -0.3 is 10.4 Å². The molecule has 120 valence electrons. The fourth-order valence-electron chi connectivity index (χ4n) is 2.40. The number of ketones is 1. The van der Waals surface area contributed by atoms with Gasteiger partial charge in [-0.3, -0.25) is 14.6 Å². The summed E-state index contributed by atoms with van der Waals surface area (Å²) in [4.78, 5) is 26.7. The van der Waals surface area contributed by atoms with Crippen LogP contribution in [0, 0.1) is 5.41 Å². The number of alkyl halides is 3. The van der Waals surface area contributed by atoms with Crippen molar-refractivity contribution in [3.05, 3.63) is 29.6 Å². The number of aliphatic hydroxyl groups is 1. The Bertz CT molecular complexity index is 591. The van der Waals surface area contributed by atoms with Crippen LogP contribution < -0.4 is 5.32 Å². The Morgan fingerprint density at radius 2 is 2.09 bits per heavy atom. The average Bonchev–Trinajstić information content (AvgIpc) is 2.40. The zero-order chi connectivity index (χ0) is 16.5. The lowest BCUT2D eigenvalue weighted by molar-refractivity contribution is -0.156. The molecule has 1 aliphatic carbocycles. The van der Waals surface area contributed by atoms with Crippen LogP contribution in [0.4, 0.5) is 13.2 Å². The third-order valence-corrected chi connectivity index (χ3v) is 3.85. The van der Waals surface area contributed by atoms with Crippen LogP contribution in [-0.4, -0.2) is 27.9 Å². The van der Waals surface area contributed by atoms with Crippen molar-refractivity contribution in [2.24, 2.45) is 5.41 Å². The second kappa shape index (κ2) is 5.68. The van der Waals surface area contributed by atoms with Crippen LogP contribution in [0.15, 0.2) is 18.5 Å². The predicted octanol–water partition coefficient (Wildman–Crippen LogP) is 1.45. The van der Waals surface area contributed by atoms with E-state index in [1.807, 2.05) is 0 Å². The normalized spacial score (nSPS) is 18.5. The van der Waals surface area contributed by atoms with Gasteiger partial charge in [0, 0.05) is 31.8 Å². The number of hydrogen-bond donors (Lipinski definition) is 2. The molecule has 2 rings (SSSR count). The Balaban J connectivity index is 2.04. The zero-order valence-electron chi connectivity index (χ0n) is 11.8. The van der Waals surface area contributed by atoms with Crippen LogP contribution in [-0.2, 0) is 22.3 Å². The maximum atomic E-state index is 12.6. The third kappa shape index (κ3) is 3.11. The van der Waals surface area contributed by atoms with Crippen molar-refractivity contribution in [1.29, 1.82) is 0 Å². The van der Waals surface area contributed by atoms with Gasteiger partial charge in [-0.1, -0.05) is 0 Å². The summed E-state index contributed by atoms with van der Waals surface area (Å²) in [7, 11) is 0. The number of carbonyl (C=O) groups excluding carboxylic acids is 2. The first kappa shape index (κ1) is 16.4. The molecule has 1 unspecified atom stereocenters. The fraction of sp³-hybridized carbons (Fsp3) is 0.500. The number of rotatable bonds is 4. The molecule has 1 aromatic heterocycles. The minimum absolute atomic E-state index is 0.0582. The van der Waals surface area contributed by atoms with E-state index in [1.165, 1.54) is 13.1 Å². The molecule has 1 aromatic rings. The average molecular weight is 316 g/mol. The molecule has 1 saturated carbocycles. The highest BCUT2D eigenvalue weighted by atomic mass is 19.4. The SMILES string of the molecule is CC(O)C1(C(=O)NCc2cncc(C(F)(F)F)c2)CC(=O)C1. The maximum Gasteiger partial charge on any atom is 0.417 e. The van der Waals surface area contributed by atoms with Crippen LogP contribution >= 0.6 is 0 Å². The van der Waals surface area contributed by atoms with Gasteiger partial charge in [-0.2, -0.15) is 13.2 Å². The van der Waals surface area contributed by atoms with E-state index in [9.17, 15) is 27.9 Å². The van der Waals surface area contributed by atoms with E-state index >= 15 is 0 Å². The molecule has 1 atom stereocenters. The molecule has 22 heavy (non-hydrogen) atoms. The highest BCUT2D eigenvalue weighted by Gasteiger charge is 2.53. The number of hydrogen-bond acceptors (Lipinski definition) is 4. The van der Waals surface area contributed by atoms with Gasteiger partial charge in [0.2, 0.25) is 5.91 Å². The first-order chi connectivity index (χ1) is 10.1. The Morgan fingerprint density at radius 1 is 1.45 bits per heavy atom. The van der Waals surface area contributed by atoms with Gasteiger partial charge in [0.25, 0.3) is 0 Å². The number of nitrogens with one attached hydrogen (secondary N) is 1. The van der Waals surface area contributed by atoms with Crippen LogP contribution in [0.5, 0.6) is 0 Å². The van der Waals surface area contributed by atoms with Crippen LogP contribution in [0.25, 0.3) is 0 Å². The molecular formula is C14H15F3N2O3. The largest absolute Gasteiger partial charge is 0.417 e. The Hall–Kier alpha value is -1.96. The molecule has 8 heteroatoms. The number of amides is 1. The molecule has 0 bridgehead atoms. The smallest absolute Gasteiger partial charge is 0.392 e. The summed E-state index contributed by atoms with van der Waals surface area (Å²) in [6.45, 7) is 1.26. The molecule has 5 nitrogen and oxygen atoms in total. The molecule has 1 heterocycles. The minimum atomic E-state index is -4.51. The van der Waals surface area contributed by atoms with Crippen molar-refractivity contribution in [2.75, 3.05) is 0 Å².